The number of carboxylic acid groups (broad SMARTS) is 1. The van der Waals surface area contributed by atoms with Crippen molar-refractivity contribution in [3.63, 3.8) is 0 Å². The van der Waals surface area contributed by atoms with Gasteiger partial charge >= 0.3 is 11.9 Å². The van der Waals surface area contributed by atoms with Gasteiger partial charge in [-0.3, -0.25) is 4.79 Å². The van der Waals surface area contributed by atoms with Crippen molar-refractivity contribution in [3.8, 4) is 5.75 Å². The smallest absolute Gasteiger partial charge is 0.344 e. The van der Waals surface area contributed by atoms with Gasteiger partial charge in [-0.25, -0.2) is 14.6 Å². The highest BCUT2D eigenvalue weighted by molar-refractivity contribution is 9.10. The van der Waals surface area contributed by atoms with E-state index < -0.39 is 30.2 Å². The number of aliphatic imine (C=N–C) groups is 1. The first-order valence-electron chi connectivity index (χ1n) is 10.0. The summed E-state index contributed by atoms with van der Waals surface area (Å²) in [5.41, 5.74) is 1.53. The monoisotopic (exact) mass is 545 g/mol. The fraction of sp³-hybridized carbons (Fsp3) is 0.167. The van der Waals surface area contributed by atoms with Gasteiger partial charge in [0.15, 0.2) is 6.61 Å². The number of ether oxygens (including phenoxy) is 2. The van der Waals surface area contributed by atoms with E-state index in [0.29, 0.717) is 15.6 Å². The molecule has 2 aromatic rings. The maximum Gasteiger partial charge on any atom is 0.344 e. The molecule has 0 saturated heterocycles. The van der Waals surface area contributed by atoms with Crippen LogP contribution in [0.25, 0.3) is 6.08 Å². The molecule has 0 bridgehead atoms. The largest absolute Gasteiger partial charge is 0.506 e. The fourth-order valence-corrected chi connectivity index (χ4v) is 4.27. The molecule has 176 valence electrons. The number of aliphatic carboxylic acids is 1. The lowest BCUT2D eigenvalue weighted by Gasteiger charge is -2.08. The number of aliphatic hydroxyl groups excluding tert-OH is 1. The molecular formula is C24H20BrNO7S. The minimum Gasteiger partial charge on any atom is -0.506 e. The van der Waals surface area contributed by atoms with Crippen LogP contribution in [-0.4, -0.2) is 46.3 Å². The van der Waals surface area contributed by atoms with E-state index in [-0.39, 0.29) is 27.9 Å². The summed E-state index contributed by atoms with van der Waals surface area (Å²) in [6.07, 6.45) is 1.51. The quantitative estimate of drug-likeness (QED) is 0.470. The lowest BCUT2D eigenvalue weighted by atomic mass is 10.1. The molecule has 0 radical (unpaired) electrons. The Hall–Kier alpha value is -3.37. The molecule has 1 amide bonds. The molecule has 1 aliphatic heterocycles. The van der Waals surface area contributed by atoms with Crippen LogP contribution < -0.4 is 4.74 Å². The number of nitrogens with zero attached hydrogens (tertiary/aromatic N) is 1. The van der Waals surface area contributed by atoms with Crippen LogP contribution in [0.4, 0.5) is 0 Å². The third-order valence-electron chi connectivity index (χ3n) is 4.48. The molecule has 0 aliphatic carbocycles. The highest BCUT2D eigenvalue weighted by Crippen LogP contribution is 2.40. The Labute approximate surface area is 208 Å². The van der Waals surface area contributed by atoms with E-state index in [4.69, 9.17) is 14.6 Å². The van der Waals surface area contributed by atoms with E-state index in [0.717, 1.165) is 17.3 Å². The lowest BCUT2D eigenvalue weighted by Crippen LogP contribution is -2.14. The van der Waals surface area contributed by atoms with E-state index in [1.165, 1.54) is 6.08 Å². The van der Waals surface area contributed by atoms with Gasteiger partial charge in [0.2, 0.25) is 0 Å². The summed E-state index contributed by atoms with van der Waals surface area (Å²) in [6, 6.07) is 11.7. The second-order valence-electron chi connectivity index (χ2n) is 7.01. The van der Waals surface area contributed by atoms with Crippen LogP contribution in [0.1, 0.15) is 28.4 Å². The Morgan fingerprint density at radius 2 is 1.85 bits per heavy atom. The van der Waals surface area contributed by atoms with E-state index in [1.807, 2.05) is 6.92 Å². The van der Waals surface area contributed by atoms with Gasteiger partial charge in [0, 0.05) is 15.6 Å². The van der Waals surface area contributed by atoms with Crippen molar-refractivity contribution in [2.45, 2.75) is 13.8 Å². The summed E-state index contributed by atoms with van der Waals surface area (Å²) in [7, 11) is 0. The Balaban J connectivity index is 2.03. The highest BCUT2D eigenvalue weighted by Gasteiger charge is 2.34. The van der Waals surface area contributed by atoms with Gasteiger partial charge < -0.3 is 19.7 Å². The molecule has 1 heterocycles. The lowest BCUT2D eigenvalue weighted by molar-refractivity contribution is -0.139. The Kier molecular flexibility index (Phi) is 8.30. The molecule has 1 aliphatic rings. The summed E-state index contributed by atoms with van der Waals surface area (Å²) < 4.78 is 11.1. The number of carbonyl (C=O) groups excluding carboxylic acids is 2. The number of esters is 1. The number of hydrogen-bond donors (Lipinski definition) is 2. The average Bonchev–Trinajstić information content (AvgIpc) is 3.08. The van der Waals surface area contributed by atoms with Crippen molar-refractivity contribution in [3.05, 3.63) is 79.9 Å². The van der Waals surface area contributed by atoms with Crippen LogP contribution in [0.15, 0.2) is 68.2 Å². The molecule has 0 spiro atoms. The van der Waals surface area contributed by atoms with Crippen LogP contribution in [0.2, 0.25) is 0 Å². The number of carboxylic acids is 1. The molecule has 10 heteroatoms. The minimum atomic E-state index is -1.15. The van der Waals surface area contributed by atoms with Crippen molar-refractivity contribution in [2.24, 2.45) is 4.99 Å². The molecule has 3 rings (SSSR count). The van der Waals surface area contributed by atoms with Crippen LogP contribution in [0.5, 0.6) is 5.75 Å². The number of benzene rings is 2. The average molecular weight is 546 g/mol. The Morgan fingerprint density at radius 1 is 1.15 bits per heavy atom. The number of amides is 1. The third kappa shape index (κ3) is 6.15. The van der Waals surface area contributed by atoms with E-state index >= 15 is 0 Å². The molecule has 0 unspecified atom stereocenters. The zero-order valence-electron chi connectivity index (χ0n) is 18.2. The van der Waals surface area contributed by atoms with E-state index in [9.17, 15) is 19.5 Å². The summed E-state index contributed by atoms with van der Waals surface area (Å²) in [6.45, 7) is 3.02. The Morgan fingerprint density at radius 3 is 2.50 bits per heavy atom. The minimum absolute atomic E-state index is 0.00391. The third-order valence-corrected chi connectivity index (χ3v) is 5.99. The maximum absolute atomic E-state index is 12.7. The number of halogens is 1. The number of aliphatic hydroxyl groups is 1. The standard InChI is InChI=1S/C24H20BrNO7S/c1-3-32-24(31)20-21(29)18(11-15-10-16(25)8-9-17(15)33-12-19(27)28)34-23(20)26-22(30)14-6-4-13(2)5-7-14/h4-11,29H,3,12H2,1-2H3,(H,27,28)/b18-11-,26-23?. The summed E-state index contributed by atoms with van der Waals surface area (Å²) in [5.74, 6) is -2.68. The first-order chi connectivity index (χ1) is 16.2. The zero-order valence-corrected chi connectivity index (χ0v) is 20.6. The molecular weight excluding hydrogens is 526 g/mol. The number of carbonyl (C=O) groups is 3. The van der Waals surface area contributed by atoms with Gasteiger partial charge in [0.05, 0.1) is 11.5 Å². The number of hydrogen-bond acceptors (Lipinski definition) is 7. The Bertz CT molecular complexity index is 1230. The highest BCUT2D eigenvalue weighted by atomic mass is 79.9. The normalized spacial score (nSPS) is 15.6. The van der Waals surface area contributed by atoms with Crippen LogP contribution in [-0.2, 0) is 14.3 Å². The van der Waals surface area contributed by atoms with Crippen LogP contribution in [0, 0.1) is 6.92 Å². The molecule has 34 heavy (non-hydrogen) atoms. The van der Waals surface area contributed by atoms with Crippen molar-refractivity contribution in [2.75, 3.05) is 13.2 Å². The number of aryl methyl sites for hydroxylation is 1. The van der Waals surface area contributed by atoms with Gasteiger partial charge in [-0.05, 0) is 50.3 Å². The molecule has 2 N–H and O–H groups in total. The number of thioether (sulfide) groups is 1. The first kappa shape index (κ1) is 25.3. The predicted octanol–water partition coefficient (Wildman–Crippen LogP) is 4.92. The summed E-state index contributed by atoms with van der Waals surface area (Å²) in [4.78, 5) is 40.4. The van der Waals surface area contributed by atoms with Gasteiger partial charge in [0.25, 0.3) is 5.91 Å². The number of rotatable bonds is 7. The second kappa shape index (κ2) is 11.2. The van der Waals surface area contributed by atoms with Crippen molar-refractivity contribution >= 4 is 56.7 Å². The van der Waals surface area contributed by atoms with Gasteiger partial charge in [-0.2, -0.15) is 0 Å². The summed E-state index contributed by atoms with van der Waals surface area (Å²) >= 11 is 4.27. The van der Waals surface area contributed by atoms with Crippen LogP contribution in [0.3, 0.4) is 0 Å². The summed E-state index contributed by atoms with van der Waals surface area (Å²) in [5, 5.41) is 19.7. The zero-order chi connectivity index (χ0) is 24.8. The second-order valence-corrected chi connectivity index (χ2v) is 8.95. The molecule has 2 aromatic carbocycles. The van der Waals surface area contributed by atoms with Crippen molar-refractivity contribution in [1.82, 2.24) is 0 Å². The van der Waals surface area contributed by atoms with E-state index in [1.54, 1.807) is 49.4 Å². The molecule has 0 aromatic heterocycles. The van der Waals surface area contributed by atoms with Crippen LogP contribution >= 0.6 is 27.7 Å². The predicted molar refractivity (Wildman–Crippen MR) is 132 cm³/mol. The maximum atomic E-state index is 12.7. The molecule has 8 nitrogen and oxygen atoms in total. The van der Waals surface area contributed by atoms with Crippen molar-refractivity contribution < 1.29 is 34.1 Å². The molecule has 0 fully saturated rings. The molecule has 0 saturated carbocycles. The first-order valence-corrected chi connectivity index (χ1v) is 11.6. The van der Waals surface area contributed by atoms with Crippen molar-refractivity contribution in [1.29, 1.82) is 0 Å². The molecule has 0 atom stereocenters. The van der Waals surface area contributed by atoms with E-state index in [2.05, 4.69) is 20.9 Å². The van der Waals surface area contributed by atoms with Gasteiger partial charge in [0.1, 0.15) is 22.1 Å². The van der Waals surface area contributed by atoms with Gasteiger partial charge in [-0.15, -0.1) is 0 Å². The fourth-order valence-electron chi connectivity index (χ4n) is 2.89. The SMILES string of the molecule is CCOC(=O)C1=C(O)/C(=C/c2cc(Br)ccc2OCC(=O)O)SC1=NC(=O)c1ccc(C)cc1. The topological polar surface area (TPSA) is 122 Å². The van der Waals surface area contributed by atoms with Gasteiger partial charge in [-0.1, -0.05) is 45.4 Å².